The first kappa shape index (κ1) is 59.7. The van der Waals surface area contributed by atoms with Crippen LogP contribution in [0.1, 0.15) is 219 Å². The standard InChI is InChI=1S/C52H101N5O7/c1-3-5-7-9-11-13-15-17-19-21-23-25-27-29-31-33-35-57(36-34-32-30-28-26-24-22-20-18-16-14-12-10-8-6-4-2)49(58)45-53-37-39-54(46-50(59)60)41-43-56(48-52(63)64)44-42-55(40-38-53)47-51(61)62/h3-48H2,1-2H3,(H,59,60)(H,61,62)(H,63,64)/p-3. The van der Waals surface area contributed by atoms with E-state index in [1.54, 1.807) is 14.7 Å². The second-order valence-corrected chi connectivity index (χ2v) is 19.2. The molecule has 0 unspecified atom stereocenters. The summed E-state index contributed by atoms with van der Waals surface area (Å²) in [5.41, 5.74) is 0. The molecule has 1 heterocycles. The van der Waals surface area contributed by atoms with Gasteiger partial charge in [-0.15, -0.1) is 0 Å². The fourth-order valence-corrected chi connectivity index (χ4v) is 9.11. The first-order chi connectivity index (χ1) is 31.1. The maximum atomic E-state index is 14.1. The lowest BCUT2D eigenvalue weighted by Crippen LogP contribution is -2.52. The molecule has 1 aliphatic heterocycles. The van der Waals surface area contributed by atoms with Gasteiger partial charge in [0, 0.05) is 85.1 Å². The number of carbonyl (C=O) groups excluding carboxylic acids is 4. The van der Waals surface area contributed by atoms with Gasteiger partial charge in [0.2, 0.25) is 5.91 Å². The van der Waals surface area contributed by atoms with Crippen LogP contribution < -0.4 is 15.3 Å². The third-order valence-electron chi connectivity index (χ3n) is 13.3. The van der Waals surface area contributed by atoms with Crippen molar-refractivity contribution in [2.24, 2.45) is 0 Å². The van der Waals surface area contributed by atoms with Gasteiger partial charge < -0.3 is 34.6 Å². The van der Waals surface area contributed by atoms with Crippen molar-refractivity contribution in [3.8, 4) is 0 Å². The lowest BCUT2D eigenvalue weighted by atomic mass is 10.0. The summed E-state index contributed by atoms with van der Waals surface area (Å²) in [6.45, 7) is 7.85. The topological polar surface area (TPSA) is 154 Å². The zero-order chi connectivity index (χ0) is 46.7. The number of hydrogen-bond donors (Lipinski definition) is 0. The molecule has 0 aliphatic carbocycles. The van der Waals surface area contributed by atoms with E-state index in [1.807, 2.05) is 9.80 Å². The van der Waals surface area contributed by atoms with Crippen LogP contribution in [0.15, 0.2) is 0 Å². The maximum absolute atomic E-state index is 14.1. The molecule has 1 saturated heterocycles. The molecule has 12 nitrogen and oxygen atoms in total. The van der Waals surface area contributed by atoms with Crippen molar-refractivity contribution in [2.75, 3.05) is 91.6 Å². The van der Waals surface area contributed by atoms with E-state index in [0.29, 0.717) is 26.2 Å². The molecule has 1 amide bonds. The van der Waals surface area contributed by atoms with Crippen LogP contribution in [0.3, 0.4) is 0 Å². The molecule has 0 radical (unpaired) electrons. The van der Waals surface area contributed by atoms with Gasteiger partial charge in [-0.3, -0.25) is 24.4 Å². The van der Waals surface area contributed by atoms with Crippen LogP contribution in [0.2, 0.25) is 0 Å². The Morgan fingerprint density at radius 2 is 0.500 bits per heavy atom. The Kier molecular flexibility index (Phi) is 40.4. The highest BCUT2D eigenvalue weighted by molar-refractivity contribution is 5.78. The van der Waals surface area contributed by atoms with Crippen LogP contribution >= 0.6 is 0 Å². The molecule has 1 fully saturated rings. The maximum Gasteiger partial charge on any atom is 0.236 e. The van der Waals surface area contributed by atoms with Crippen molar-refractivity contribution in [2.45, 2.75) is 219 Å². The summed E-state index contributed by atoms with van der Waals surface area (Å²) in [6, 6.07) is 0. The minimum Gasteiger partial charge on any atom is -0.549 e. The normalized spacial score (nSPS) is 15.2. The minimum absolute atomic E-state index is 0.0621. The van der Waals surface area contributed by atoms with Crippen molar-refractivity contribution in [3.05, 3.63) is 0 Å². The van der Waals surface area contributed by atoms with E-state index in [2.05, 4.69) is 13.8 Å². The number of carboxylic acid groups (broad SMARTS) is 3. The second kappa shape index (κ2) is 43.3. The average molecular weight is 905 g/mol. The molecule has 0 bridgehead atoms. The van der Waals surface area contributed by atoms with E-state index in [1.165, 1.54) is 180 Å². The van der Waals surface area contributed by atoms with E-state index in [9.17, 15) is 34.5 Å². The molecular weight excluding hydrogens is 807 g/mol. The summed E-state index contributed by atoms with van der Waals surface area (Å²) < 4.78 is 0. The van der Waals surface area contributed by atoms with Gasteiger partial charge in [-0.1, -0.05) is 206 Å². The fraction of sp³-hybridized carbons (Fsp3) is 0.923. The Labute approximate surface area is 392 Å². The molecule has 64 heavy (non-hydrogen) atoms. The number of aliphatic carboxylic acids is 3. The molecule has 1 rings (SSSR count). The second-order valence-electron chi connectivity index (χ2n) is 19.2. The number of carboxylic acids is 3. The molecule has 0 aromatic rings. The third kappa shape index (κ3) is 37.9. The molecule has 0 aromatic carbocycles. The Hall–Kier alpha value is -2.28. The number of amides is 1. The fourth-order valence-electron chi connectivity index (χ4n) is 9.11. The minimum atomic E-state index is -1.25. The molecule has 0 atom stereocenters. The molecule has 0 aromatic heterocycles. The number of rotatable bonds is 42. The molecule has 0 spiro atoms. The lowest BCUT2D eigenvalue weighted by molar-refractivity contribution is -0.308. The van der Waals surface area contributed by atoms with E-state index >= 15 is 0 Å². The summed E-state index contributed by atoms with van der Waals surface area (Å²) in [4.78, 5) is 58.0. The van der Waals surface area contributed by atoms with Crippen molar-refractivity contribution < 1.29 is 34.5 Å². The molecule has 12 heteroatoms. The number of carbonyl (C=O) groups is 4. The van der Waals surface area contributed by atoms with Gasteiger partial charge >= 0.3 is 0 Å². The smallest absolute Gasteiger partial charge is 0.236 e. The van der Waals surface area contributed by atoms with Gasteiger partial charge in [-0.25, -0.2) is 0 Å². The van der Waals surface area contributed by atoms with Crippen LogP contribution in [0.5, 0.6) is 0 Å². The lowest BCUT2D eigenvalue weighted by Gasteiger charge is -2.35. The van der Waals surface area contributed by atoms with Gasteiger partial charge in [0.15, 0.2) is 0 Å². The van der Waals surface area contributed by atoms with Crippen molar-refractivity contribution in [1.82, 2.24) is 24.5 Å². The molecule has 376 valence electrons. The number of nitrogens with zero attached hydrogens (tertiary/aromatic N) is 5. The predicted octanol–water partition coefficient (Wildman–Crippen LogP) is 6.81. The quantitative estimate of drug-likeness (QED) is 0.0594. The van der Waals surface area contributed by atoms with Gasteiger partial charge in [0.1, 0.15) is 0 Å². The Morgan fingerprint density at radius 1 is 0.312 bits per heavy atom. The van der Waals surface area contributed by atoms with Crippen LogP contribution in [0, 0.1) is 0 Å². The summed E-state index contributed by atoms with van der Waals surface area (Å²) in [6.07, 6.45) is 41.7. The van der Waals surface area contributed by atoms with Crippen molar-refractivity contribution in [1.29, 1.82) is 0 Å². The Morgan fingerprint density at radius 3 is 0.703 bits per heavy atom. The van der Waals surface area contributed by atoms with Gasteiger partial charge in [0.25, 0.3) is 0 Å². The van der Waals surface area contributed by atoms with Crippen LogP contribution in [0.4, 0.5) is 0 Å². The largest absolute Gasteiger partial charge is 0.549 e. The van der Waals surface area contributed by atoms with Crippen molar-refractivity contribution in [3.63, 3.8) is 0 Å². The SMILES string of the molecule is CCCCCCCCCCCCCCCCCCN(CCCCCCCCCCCCCCCCCC)C(=O)CN1CCN(CC(=O)[O-])CCN(CC(=O)[O-])CCN(CC(=O)[O-])CC1. The third-order valence-corrected chi connectivity index (χ3v) is 13.3. The summed E-state index contributed by atoms with van der Waals surface area (Å²) in [5, 5.41) is 34.8. The highest BCUT2D eigenvalue weighted by Gasteiger charge is 2.21. The first-order valence-electron chi connectivity index (χ1n) is 26.9. The van der Waals surface area contributed by atoms with Gasteiger partial charge in [-0.2, -0.15) is 0 Å². The van der Waals surface area contributed by atoms with E-state index in [4.69, 9.17) is 0 Å². The highest BCUT2D eigenvalue weighted by atomic mass is 16.4. The summed E-state index contributed by atoms with van der Waals surface area (Å²) >= 11 is 0. The van der Waals surface area contributed by atoms with Gasteiger partial charge in [-0.05, 0) is 12.8 Å². The zero-order valence-corrected chi connectivity index (χ0v) is 41.6. The molecule has 0 saturated carbocycles. The Balaban J connectivity index is 2.69. The average Bonchev–Trinajstić information content (AvgIpc) is 3.25. The van der Waals surface area contributed by atoms with Gasteiger partial charge in [0.05, 0.1) is 24.5 Å². The summed E-state index contributed by atoms with van der Waals surface area (Å²) in [5.74, 6) is -3.62. The molecule has 1 aliphatic rings. The van der Waals surface area contributed by atoms with E-state index < -0.39 is 17.9 Å². The monoisotopic (exact) mass is 905 g/mol. The van der Waals surface area contributed by atoms with Crippen molar-refractivity contribution >= 4 is 23.8 Å². The highest BCUT2D eigenvalue weighted by Crippen LogP contribution is 2.16. The van der Waals surface area contributed by atoms with Crippen LogP contribution in [0.25, 0.3) is 0 Å². The Bertz CT molecular complexity index is 1060. The predicted molar refractivity (Wildman–Crippen MR) is 256 cm³/mol. The summed E-state index contributed by atoms with van der Waals surface area (Å²) in [7, 11) is 0. The zero-order valence-electron chi connectivity index (χ0n) is 41.6. The molecule has 0 N–H and O–H groups in total. The molecular formula is C52H98N5O7-3. The number of hydrogen-bond acceptors (Lipinski definition) is 11. The van der Waals surface area contributed by atoms with Crippen LogP contribution in [-0.2, 0) is 19.2 Å². The van der Waals surface area contributed by atoms with Crippen LogP contribution in [-0.4, -0.2) is 140 Å². The number of unbranched alkanes of at least 4 members (excludes halogenated alkanes) is 30. The van der Waals surface area contributed by atoms with E-state index in [-0.39, 0.29) is 58.3 Å². The van der Waals surface area contributed by atoms with E-state index in [0.717, 1.165) is 38.8 Å². The first-order valence-corrected chi connectivity index (χ1v) is 26.9.